The van der Waals surface area contributed by atoms with Crippen LogP contribution in [-0.4, -0.2) is 19.2 Å². The summed E-state index contributed by atoms with van der Waals surface area (Å²) in [5.74, 6) is 1.05. The molecule has 1 aromatic rings. The maximum absolute atomic E-state index is 5.54. The van der Waals surface area contributed by atoms with E-state index in [0.717, 1.165) is 25.3 Å². The number of nitrogens with one attached hydrogen (secondary N) is 1. The molecule has 1 atom stereocenters. The largest absolute Gasteiger partial charge is 0.493 e. The zero-order chi connectivity index (χ0) is 10.7. The zero-order valence-electron chi connectivity index (χ0n) is 9.12. The number of benzene rings is 1. The third-order valence-corrected chi connectivity index (χ3v) is 2.76. The Bertz CT molecular complexity index is 338. The Morgan fingerprint density at radius 2 is 2.40 bits per heavy atom. The van der Waals surface area contributed by atoms with E-state index in [1.54, 1.807) is 0 Å². The fourth-order valence-corrected chi connectivity index (χ4v) is 1.73. The molecule has 0 amide bonds. The van der Waals surface area contributed by atoms with E-state index in [0.29, 0.717) is 12.6 Å². The molecule has 15 heavy (non-hydrogen) atoms. The highest BCUT2D eigenvalue weighted by Gasteiger charge is 2.11. The van der Waals surface area contributed by atoms with E-state index >= 15 is 0 Å². The van der Waals surface area contributed by atoms with Crippen molar-refractivity contribution in [1.29, 1.82) is 0 Å². The highest BCUT2D eigenvalue weighted by atomic mass is 16.5. The minimum absolute atomic E-state index is 0.370. The monoisotopic (exact) mass is 206 g/mol. The lowest BCUT2D eigenvalue weighted by Gasteiger charge is -2.11. The molecule has 1 aliphatic rings. The number of rotatable bonds is 4. The number of nitrogens with two attached hydrogens (primary N) is 1. The fraction of sp³-hybridized carbons (Fsp3) is 0.500. The molecular formula is C12H18N2O. The first-order valence-corrected chi connectivity index (χ1v) is 5.47. The van der Waals surface area contributed by atoms with Crippen molar-refractivity contribution in [3.05, 3.63) is 29.3 Å². The van der Waals surface area contributed by atoms with Crippen LogP contribution in [0.2, 0.25) is 0 Å². The topological polar surface area (TPSA) is 47.3 Å². The number of hydrogen-bond donors (Lipinski definition) is 2. The first kappa shape index (κ1) is 10.5. The minimum atomic E-state index is 0.370. The van der Waals surface area contributed by atoms with Gasteiger partial charge in [-0.3, -0.25) is 0 Å². The molecule has 0 saturated heterocycles. The fourth-order valence-electron chi connectivity index (χ4n) is 1.73. The van der Waals surface area contributed by atoms with Gasteiger partial charge in [0.15, 0.2) is 0 Å². The van der Waals surface area contributed by atoms with Crippen LogP contribution < -0.4 is 15.8 Å². The first-order valence-electron chi connectivity index (χ1n) is 5.47. The minimum Gasteiger partial charge on any atom is -0.493 e. The van der Waals surface area contributed by atoms with E-state index in [1.807, 2.05) is 0 Å². The molecule has 0 unspecified atom stereocenters. The third-order valence-electron chi connectivity index (χ3n) is 2.76. The van der Waals surface area contributed by atoms with Crippen molar-refractivity contribution in [3.8, 4) is 5.75 Å². The third kappa shape index (κ3) is 2.49. The molecule has 0 radical (unpaired) electrons. The predicted molar refractivity (Wildman–Crippen MR) is 61.0 cm³/mol. The number of ether oxygens (including phenoxy) is 1. The molecule has 0 aliphatic carbocycles. The van der Waals surface area contributed by atoms with Crippen molar-refractivity contribution >= 4 is 0 Å². The van der Waals surface area contributed by atoms with E-state index < -0.39 is 0 Å². The van der Waals surface area contributed by atoms with Gasteiger partial charge in [0.05, 0.1) is 6.61 Å². The smallest absolute Gasteiger partial charge is 0.122 e. The molecule has 1 aliphatic heterocycles. The molecule has 0 spiro atoms. The van der Waals surface area contributed by atoms with Gasteiger partial charge in [-0.25, -0.2) is 0 Å². The Balaban J connectivity index is 1.98. The Kier molecular flexibility index (Phi) is 3.23. The van der Waals surface area contributed by atoms with E-state index in [9.17, 15) is 0 Å². The molecule has 1 heterocycles. The van der Waals surface area contributed by atoms with Gasteiger partial charge in [0.1, 0.15) is 5.75 Å². The predicted octanol–water partition coefficient (Wildman–Crippen LogP) is 1.06. The van der Waals surface area contributed by atoms with Gasteiger partial charge in [0.2, 0.25) is 0 Å². The maximum atomic E-state index is 5.54. The van der Waals surface area contributed by atoms with Crippen LogP contribution in [-0.2, 0) is 13.0 Å². The Hall–Kier alpha value is -1.06. The van der Waals surface area contributed by atoms with Crippen LogP contribution in [0.1, 0.15) is 18.1 Å². The molecule has 0 saturated carbocycles. The van der Waals surface area contributed by atoms with Crippen molar-refractivity contribution in [1.82, 2.24) is 5.32 Å². The summed E-state index contributed by atoms with van der Waals surface area (Å²) in [6, 6.07) is 6.76. The standard InChI is InChI=1S/C12H18N2O/c1-9(7-13)14-8-10-2-3-12-11(6-10)4-5-15-12/h2-3,6,9,14H,4-5,7-8,13H2,1H3/t9-/m0/s1. The van der Waals surface area contributed by atoms with Gasteiger partial charge in [0, 0.05) is 25.6 Å². The second-order valence-electron chi connectivity index (χ2n) is 4.06. The average molecular weight is 206 g/mol. The number of hydrogen-bond acceptors (Lipinski definition) is 3. The molecule has 0 fully saturated rings. The lowest BCUT2D eigenvalue weighted by molar-refractivity contribution is 0.357. The van der Waals surface area contributed by atoms with Gasteiger partial charge in [-0.05, 0) is 24.1 Å². The van der Waals surface area contributed by atoms with E-state index in [1.165, 1.54) is 11.1 Å². The molecule has 3 N–H and O–H groups in total. The molecule has 0 aromatic heterocycles. The van der Waals surface area contributed by atoms with E-state index in [2.05, 4.69) is 30.4 Å². The average Bonchev–Trinajstić information content (AvgIpc) is 2.72. The van der Waals surface area contributed by atoms with Gasteiger partial charge < -0.3 is 15.8 Å². The normalized spacial score (nSPS) is 15.9. The van der Waals surface area contributed by atoms with Crippen molar-refractivity contribution in [2.75, 3.05) is 13.2 Å². The van der Waals surface area contributed by atoms with Gasteiger partial charge >= 0.3 is 0 Å². The highest BCUT2D eigenvalue weighted by Crippen LogP contribution is 2.25. The van der Waals surface area contributed by atoms with Crippen LogP contribution in [0, 0.1) is 0 Å². The van der Waals surface area contributed by atoms with E-state index in [-0.39, 0.29) is 0 Å². The SMILES string of the molecule is C[C@@H](CN)NCc1ccc2c(c1)CCO2. The van der Waals surface area contributed by atoms with Crippen molar-refractivity contribution in [3.63, 3.8) is 0 Å². The van der Waals surface area contributed by atoms with Crippen LogP contribution >= 0.6 is 0 Å². The quantitative estimate of drug-likeness (QED) is 0.774. The lowest BCUT2D eigenvalue weighted by Crippen LogP contribution is -2.32. The Morgan fingerprint density at radius 3 is 3.20 bits per heavy atom. The Labute approximate surface area is 90.6 Å². The van der Waals surface area contributed by atoms with Crippen LogP contribution in [0.15, 0.2) is 18.2 Å². The molecule has 0 bridgehead atoms. The zero-order valence-corrected chi connectivity index (χ0v) is 9.12. The summed E-state index contributed by atoms with van der Waals surface area (Å²) >= 11 is 0. The van der Waals surface area contributed by atoms with Crippen molar-refractivity contribution < 1.29 is 4.74 Å². The van der Waals surface area contributed by atoms with Gasteiger partial charge in [-0.2, -0.15) is 0 Å². The molecular weight excluding hydrogens is 188 g/mol. The van der Waals surface area contributed by atoms with Gasteiger partial charge in [-0.1, -0.05) is 12.1 Å². The molecule has 3 heteroatoms. The van der Waals surface area contributed by atoms with Gasteiger partial charge in [0.25, 0.3) is 0 Å². The summed E-state index contributed by atoms with van der Waals surface area (Å²) in [5.41, 5.74) is 8.18. The second-order valence-corrected chi connectivity index (χ2v) is 4.06. The van der Waals surface area contributed by atoms with Crippen molar-refractivity contribution in [2.24, 2.45) is 5.73 Å². The molecule has 2 rings (SSSR count). The van der Waals surface area contributed by atoms with Gasteiger partial charge in [-0.15, -0.1) is 0 Å². The van der Waals surface area contributed by atoms with Crippen molar-refractivity contribution in [2.45, 2.75) is 25.9 Å². The van der Waals surface area contributed by atoms with Crippen LogP contribution in [0.3, 0.4) is 0 Å². The molecule has 3 nitrogen and oxygen atoms in total. The van der Waals surface area contributed by atoms with E-state index in [4.69, 9.17) is 10.5 Å². The highest BCUT2D eigenvalue weighted by molar-refractivity contribution is 5.39. The summed E-state index contributed by atoms with van der Waals surface area (Å²) in [6.07, 6.45) is 1.04. The molecule has 1 aromatic carbocycles. The van der Waals surface area contributed by atoms with Crippen LogP contribution in [0.4, 0.5) is 0 Å². The Morgan fingerprint density at radius 1 is 1.53 bits per heavy atom. The molecule has 82 valence electrons. The lowest BCUT2D eigenvalue weighted by atomic mass is 10.1. The second kappa shape index (κ2) is 4.64. The maximum Gasteiger partial charge on any atom is 0.122 e. The summed E-state index contributed by atoms with van der Waals surface area (Å²) in [4.78, 5) is 0. The van der Waals surface area contributed by atoms with Crippen LogP contribution in [0.5, 0.6) is 5.75 Å². The number of fused-ring (bicyclic) bond motifs is 1. The first-order chi connectivity index (χ1) is 7.29. The summed E-state index contributed by atoms with van der Waals surface area (Å²) in [6.45, 7) is 4.47. The van der Waals surface area contributed by atoms with Crippen LogP contribution in [0.25, 0.3) is 0 Å². The summed E-state index contributed by atoms with van der Waals surface area (Å²) in [7, 11) is 0. The summed E-state index contributed by atoms with van der Waals surface area (Å²) in [5, 5.41) is 3.37. The summed E-state index contributed by atoms with van der Waals surface area (Å²) < 4.78 is 5.46.